The number of esters is 1. The summed E-state index contributed by atoms with van der Waals surface area (Å²) in [5, 5.41) is 8.72. The van der Waals surface area contributed by atoms with Crippen molar-refractivity contribution in [2.75, 3.05) is 13.7 Å². The maximum atomic E-state index is 11.0. The predicted octanol–water partition coefficient (Wildman–Crippen LogP) is 5.64. The van der Waals surface area contributed by atoms with Gasteiger partial charge in [-0.25, -0.2) is 0 Å². The van der Waals surface area contributed by atoms with Crippen LogP contribution >= 0.6 is 0 Å². The molecule has 23 heavy (non-hydrogen) atoms. The first kappa shape index (κ1) is 22.4. The molecule has 138 valence electrons. The summed E-state index contributed by atoms with van der Waals surface area (Å²) in [7, 11) is 1.46. The number of ether oxygens (including phenoxy) is 1. The molecule has 0 heterocycles. The molecule has 0 rings (SSSR count). The fourth-order valence-electron chi connectivity index (χ4n) is 3.03. The van der Waals surface area contributed by atoms with E-state index in [2.05, 4.69) is 11.7 Å². The van der Waals surface area contributed by atoms with E-state index in [0.717, 1.165) is 25.2 Å². The van der Waals surface area contributed by atoms with Gasteiger partial charge in [0.05, 0.1) is 7.11 Å². The van der Waals surface area contributed by atoms with Crippen LogP contribution in [0.5, 0.6) is 0 Å². The van der Waals surface area contributed by atoms with E-state index in [1.807, 2.05) is 0 Å². The fourth-order valence-corrected chi connectivity index (χ4v) is 3.03. The quantitative estimate of drug-likeness (QED) is 0.278. The van der Waals surface area contributed by atoms with Crippen LogP contribution in [-0.2, 0) is 9.53 Å². The number of hydrogen-bond donors (Lipinski definition) is 1. The Kier molecular flexibility index (Phi) is 17.3. The van der Waals surface area contributed by atoms with Crippen LogP contribution in [0.1, 0.15) is 103 Å². The molecule has 0 bridgehead atoms. The lowest BCUT2D eigenvalue weighted by Gasteiger charge is -2.11. The molecule has 0 aromatic carbocycles. The maximum absolute atomic E-state index is 11.0. The van der Waals surface area contributed by atoms with Crippen molar-refractivity contribution in [1.82, 2.24) is 0 Å². The largest absolute Gasteiger partial charge is 0.469 e. The van der Waals surface area contributed by atoms with E-state index >= 15 is 0 Å². The van der Waals surface area contributed by atoms with Gasteiger partial charge in [0, 0.05) is 13.0 Å². The number of rotatable bonds is 17. The molecular formula is C20H40O3. The standard InChI is InChI=1S/C20H40O3/c1-19(16-12-8-5-6-10-14-18-21)15-11-7-3-4-9-13-17-20(22)23-2/h19,21H,3-18H2,1-2H3. The Morgan fingerprint density at radius 1 is 0.783 bits per heavy atom. The average Bonchev–Trinajstić information content (AvgIpc) is 2.56. The molecule has 0 aliphatic rings. The van der Waals surface area contributed by atoms with Crippen molar-refractivity contribution in [3.8, 4) is 0 Å². The van der Waals surface area contributed by atoms with E-state index in [1.165, 1.54) is 77.7 Å². The predicted molar refractivity (Wildman–Crippen MR) is 97.5 cm³/mol. The lowest BCUT2D eigenvalue weighted by atomic mass is 9.96. The molecule has 0 saturated carbocycles. The summed E-state index contributed by atoms with van der Waals surface area (Å²) in [6.45, 7) is 2.74. The molecule has 1 N–H and O–H groups in total. The molecule has 1 atom stereocenters. The second kappa shape index (κ2) is 17.8. The number of methoxy groups -OCH3 is 1. The number of aliphatic hydroxyl groups is 1. The molecule has 0 aromatic heterocycles. The van der Waals surface area contributed by atoms with Gasteiger partial charge in [0.15, 0.2) is 0 Å². The minimum atomic E-state index is -0.0766. The topological polar surface area (TPSA) is 46.5 Å². The Labute approximate surface area is 144 Å². The van der Waals surface area contributed by atoms with Crippen LogP contribution < -0.4 is 0 Å². The number of carbonyl (C=O) groups is 1. The molecule has 0 saturated heterocycles. The van der Waals surface area contributed by atoms with Gasteiger partial charge in [-0.2, -0.15) is 0 Å². The van der Waals surface area contributed by atoms with Gasteiger partial charge >= 0.3 is 5.97 Å². The molecule has 0 aliphatic carbocycles. The van der Waals surface area contributed by atoms with Crippen LogP contribution in [0.15, 0.2) is 0 Å². The number of unbranched alkanes of at least 4 members (excludes halogenated alkanes) is 10. The van der Waals surface area contributed by atoms with Crippen LogP contribution in [0, 0.1) is 5.92 Å². The van der Waals surface area contributed by atoms with Gasteiger partial charge in [-0.05, 0) is 18.8 Å². The Balaban J connectivity index is 3.18. The Morgan fingerprint density at radius 2 is 1.22 bits per heavy atom. The number of hydrogen-bond acceptors (Lipinski definition) is 3. The highest BCUT2D eigenvalue weighted by molar-refractivity contribution is 5.68. The van der Waals surface area contributed by atoms with Crippen LogP contribution in [0.25, 0.3) is 0 Å². The lowest BCUT2D eigenvalue weighted by Crippen LogP contribution is -1.99. The second-order valence-electron chi connectivity index (χ2n) is 6.97. The number of carbonyl (C=O) groups excluding carboxylic acids is 1. The van der Waals surface area contributed by atoms with Crippen molar-refractivity contribution in [1.29, 1.82) is 0 Å². The Bertz CT molecular complexity index is 253. The summed E-state index contributed by atoms with van der Waals surface area (Å²) in [6.07, 6.45) is 18.2. The van der Waals surface area contributed by atoms with E-state index < -0.39 is 0 Å². The zero-order valence-electron chi connectivity index (χ0n) is 15.7. The zero-order chi connectivity index (χ0) is 17.2. The maximum Gasteiger partial charge on any atom is 0.305 e. The molecule has 0 fully saturated rings. The molecular weight excluding hydrogens is 288 g/mol. The summed E-state index contributed by atoms with van der Waals surface area (Å²) < 4.78 is 4.64. The van der Waals surface area contributed by atoms with Crippen LogP contribution in [0.2, 0.25) is 0 Å². The smallest absolute Gasteiger partial charge is 0.305 e. The van der Waals surface area contributed by atoms with Gasteiger partial charge in [0.25, 0.3) is 0 Å². The highest BCUT2D eigenvalue weighted by atomic mass is 16.5. The molecule has 3 nitrogen and oxygen atoms in total. The normalized spacial score (nSPS) is 12.3. The van der Waals surface area contributed by atoms with Crippen molar-refractivity contribution in [2.24, 2.45) is 5.92 Å². The van der Waals surface area contributed by atoms with E-state index in [1.54, 1.807) is 0 Å². The number of aliphatic hydroxyl groups excluding tert-OH is 1. The third-order valence-electron chi connectivity index (χ3n) is 4.66. The molecule has 0 spiro atoms. The second-order valence-corrected chi connectivity index (χ2v) is 6.97. The van der Waals surface area contributed by atoms with E-state index in [9.17, 15) is 4.79 Å². The molecule has 3 heteroatoms. The third kappa shape index (κ3) is 17.6. The molecule has 0 radical (unpaired) electrons. The minimum absolute atomic E-state index is 0.0766. The SMILES string of the molecule is COC(=O)CCCCCCCCC(C)CCCCCCCCO. The van der Waals surface area contributed by atoms with Gasteiger partial charge in [-0.3, -0.25) is 4.79 Å². The van der Waals surface area contributed by atoms with Crippen molar-refractivity contribution >= 4 is 5.97 Å². The van der Waals surface area contributed by atoms with Gasteiger partial charge in [-0.15, -0.1) is 0 Å². The van der Waals surface area contributed by atoms with Gasteiger partial charge in [0.2, 0.25) is 0 Å². The molecule has 0 amide bonds. The van der Waals surface area contributed by atoms with Gasteiger partial charge in [0.1, 0.15) is 0 Å². The highest BCUT2D eigenvalue weighted by Crippen LogP contribution is 2.18. The Morgan fingerprint density at radius 3 is 1.70 bits per heavy atom. The molecule has 1 unspecified atom stereocenters. The Hall–Kier alpha value is -0.570. The van der Waals surface area contributed by atoms with E-state index in [0.29, 0.717) is 13.0 Å². The summed E-state index contributed by atoms with van der Waals surface area (Å²) in [5.74, 6) is 0.791. The summed E-state index contributed by atoms with van der Waals surface area (Å²) >= 11 is 0. The summed E-state index contributed by atoms with van der Waals surface area (Å²) in [5.41, 5.74) is 0. The van der Waals surface area contributed by atoms with E-state index in [4.69, 9.17) is 5.11 Å². The molecule has 0 aromatic rings. The lowest BCUT2D eigenvalue weighted by molar-refractivity contribution is -0.140. The van der Waals surface area contributed by atoms with Crippen LogP contribution in [-0.4, -0.2) is 24.8 Å². The first-order valence-corrected chi connectivity index (χ1v) is 9.88. The summed E-state index contributed by atoms with van der Waals surface area (Å²) in [4.78, 5) is 11.0. The first-order chi connectivity index (χ1) is 11.2. The highest BCUT2D eigenvalue weighted by Gasteiger charge is 2.03. The van der Waals surface area contributed by atoms with Crippen molar-refractivity contribution in [3.05, 3.63) is 0 Å². The van der Waals surface area contributed by atoms with Gasteiger partial charge < -0.3 is 9.84 Å². The van der Waals surface area contributed by atoms with Crippen molar-refractivity contribution in [3.63, 3.8) is 0 Å². The van der Waals surface area contributed by atoms with Crippen LogP contribution in [0.4, 0.5) is 0 Å². The molecule has 0 aliphatic heterocycles. The van der Waals surface area contributed by atoms with Crippen molar-refractivity contribution < 1.29 is 14.6 Å². The third-order valence-corrected chi connectivity index (χ3v) is 4.66. The van der Waals surface area contributed by atoms with Crippen LogP contribution in [0.3, 0.4) is 0 Å². The minimum Gasteiger partial charge on any atom is -0.469 e. The fraction of sp³-hybridized carbons (Fsp3) is 0.950. The first-order valence-electron chi connectivity index (χ1n) is 9.88. The monoisotopic (exact) mass is 328 g/mol. The zero-order valence-corrected chi connectivity index (χ0v) is 15.7. The van der Waals surface area contributed by atoms with E-state index in [-0.39, 0.29) is 5.97 Å². The average molecular weight is 329 g/mol. The summed E-state index contributed by atoms with van der Waals surface area (Å²) in [6, 6.07) is 0. The van der Waals surface area contributed by atoms with Crippen molar-refractivity contribution in [2.45, 2.75) is 103 Å². The van der Waals surface area contributed by atoms with Gasteiger partial charge in [-0.1, -0.05) is 84.0 Å².